The fourth-order valence-corrected chi connectivity index (χ4v) is 2.33. The van der Waals surface area contributed by atoms with Crippen molar-refractivity contribution in [1.29, 1.82) is 0 Å². The average molecular weight is 268 g/mol. The first-order chi connectivity index (χ1) is 9.00. The lowest BCUT2D eigenvalue weighted by molar-refractivity contribution is -0.0339. The van der Waals surface area contributed by atoms with Crippen LogP contribution in [-0.4, -0.2) is 28.4 Å². The number of benzene rings is 1. The fraction of sp³-hybridized carbons (Fsp3) is 0.500. The van der Waals surface area contributed by atoms with E-state index in [9.17, 15) is 14.3 Å². The molecule has 0 amide bonds. The molecule has 0 bridgehead atoms. The van der Waals surface area contributed by atoms with Crippen molar-refractivity contribution < 1.29 is 24.1 Å². The number of aromatic carboxylic acids is 1. The van der Waals surface area contributed by atoms with Crippen LogP contribution in [0.15, 0.2) is 18.2 Å². The molecule has 1 aliphatic carbocycles. The zero-order valence-corrected chi connectivity index (χ0v) is 10.6. The molecule has 1 fully saturated rings. The molecule has 1 saturated carbocycles. The molecule has 0 unspecified atom stereocenters. The molecule has 0 spiro atoms. The van der Waals surface area contributed by atoms with Gasteiger partial charge in [0, 0.05) is 6.07 Å². The second-order valence-corrected chi connectivity index (χ2v) is 5.02. The van der Waals surface area contributed by atoms with E-state index in [-0.39, 0.29) is 17.9 Å². The highest BCUT2D eigenvalue weighted by Crippen LogP contribution is 2.29. The van der Waals surface area contributed by atoms with E-state index in [1.54, 1.807) is 0 Å². The van der Waals surface area contributed by atoms with Crippen LogP contribution in [-0.2, 0) is 0 Å². The van der Waals surface area contributed by atoms with Crippen LogP contribution in [0, 0.1) is 5.82 Å². The molecule has 0 heterocycles. The molecule has 1 aromatic rings. The minimum Gasteiger partial charge on any atom is -0.490 e. The number of carboxylic acid groups (broad SMARTS) is 1. The standard InChI is InChI=1S/C14H17FO4/c15-12-8-10(4-5-11(12)13(16)17)19-9-14(18)6-2-1-3-7-14/h4-5,8,18H,1-3,6-7,9H2,(H,16,17). The quantitative estimate of drug-likeness (QED) is 0.880. The van der Waals surface area contributed by atoms with Gasteiger partial charge in [-0.05, 0) is 25.0 Å². The van der Waals surface area contributed by atoms with E-state index in [2.05, 4.69) is 0 Å². The van der Waals surface area contributed by atoms with Gasteiger partial charge in [-0.15, -0.1) is 0 Å². The maximum Gasteiger partial charge on any atom is 0.338 e. The fourth-order valence-electron chi connectivity index (χ4n) is 2.33. The first-order valence-electron chi connectivity index (χ1n) is 6.38. The first-order valence-corrected chi connectivity index (χ1v) is 6.38. The van der Waals surface area contributed by atoms with Crippen LogP contribution < -0.4 is 4.74 Å². The SMILES string of the molecule is O=C(O)c1ccc(OCC2(O)CCCCC2)cc1F. The van der Waals surface area contributed by atoms with Crippen molar-refractivity contribution in [2.24, 2.45) is 0 Å². The Morgan fingerprint density at radius 1 is 1.32 bits per heavy atom. The first kappa shape index (κ1) is 13.8. The minimum atomic E-state index is -1.31. The highest BCUT2D eigenvalue weighted by Gasteiger charge is 2.30. The van der Waals surface area contributed by atoms with Crippen molar-refractivity contribution in [3.8, 4) is 5.75 Å². The molecule has 4 nitrogen and oxygen atoms in total. The largest absolute Gasteiger partial charge is 0.490 e. The third-order valence-corrected chi connectivity index (χ3v) is 3.46. The highest BCUT2D eigenvalue weighted by atomic mass is 19.1. The highest BCUT2D eigenvalue weighted by molar-refractivity contribution is 5.88. The molecule has 5 heteroatoms. The summed E-state index contributed by atoms with van der Waals surface area (Å²) in [4.78, 5) is 10.7. The zero-order valence-electron chi connectivity index (χ0n) is 10.6. The van der Waals surface area contributed by atoms with Crippen molar-refractivity contribution in [1.82, 2.24) is 0 Å². The number of ether oxygens (including phenoxy) is 1. The maximum atomic E-state index is 13.4. The van der Waals surface area contributed by atoms with Crippen LogP contribution in [0.2, 0.25) is 0 Å². The Morgan fingerprint density at radius 3 is 2.58 bits per heavy atom. The van der Waals surface area contributed by atoms with Gasteiger partial charge in [0.2, 0.25) is 0 Å². The predicted molar refractivity (Wildman–Crippen MR) is 66.9 cm³/mol. The van der Waals surface area contributed by atoms with Gasteiger partial charge in [0.25, 0.3) is 0 Å². The maximum absolute atomic E-state index is 13.4. The van der Waals surface area contributed by atoms with Gasteiger partial charge in [0.1, 0.15) is 18.2 Å². The lowest BCUT2D eigenvalue weighted by Crippen LogP contribution is -2.37. The Labute approximate surface area is 110 Å². The Morgan fingerprint density at radius 2 is 2.00 bits per heavy atom. The summed E-state index contributed by atoms with van der Waals surface area (Å²) in [7, 11) is 0. The van der Waals surface area contributed by atoms with Gasteiger partial charge >= 0.3 is 5.97 Å². The van der Waals surface area contributed by atoms with Crippen LogP contribution in [0.1, 0.15) is 42.5 Å². The lowest BCUT2D eigenvalue weighted by atomic mass is 9.85. The van der Waals surface area contributed by atoms with E-state index >= 15 is 0 Å². The van der Waals surface area contributed by atoms with Crippen molar-refractivity contribution in [2.45, 2.75) is 37.7 Å². The van der Waals surface area contributed by atoms with Crippen LogP contribution in [0.25, 0.3) is 0 Å². The number of rotatable bonds is 4. The average Bonchev–Trinajstić information content (AvgIpc) is 2.37. The van der Waals surface area contributed by atoms with Gasteiger partial charge < -0.3 is 14.9 Å². The van der Waals surface area contributed by atoms with Crippen LogP contribution in [0.5, 0.6) is 5.75 Å². The molecule has 0 radical (unpaired) electrons. The number of hydrogen-bond donors (Lipinski definition) is 2. The third-order valence-electron chi connectivity index (χ3n) is 3.46. The van der Waals surface area contributed by atoms with Crippen LogP contribution in [0.3, 0.4) is 0 Å². The molecule has 0 saturated heterocycles. The summed E-state index contributed by atoms with van der Waals surface area (Å²) < 4.78 is 18.8. The molecule has 104 valence electrons. The molecule has 2 N–H and O–H groups in total. The van der Waals surface area contributed by atoms with Crippen molar-refractivity contribution in [2.75, 3.05) is 6.61 Å². The van der Waals surface area contributed by atoms with Crippen LogP contribution >= 0.6 is 0 Å². The summed E-state index contributed by atoms with van der Waals surface area (Å²) in [5.41, 5.74) is -1.23. The summed E-state index contributed by atoms with van der Waals surface area (Å²) >= 11 is 0. The monoisotopic (exact) mass is 268 g/mol. The summed E-state index contributed by atoms with van der Waals surface area (Å²) in [6.45, 7) is 0.110. The third kappa shape index (κ3) is 3.44. The molecular formula is C14H17FO4. The molecular weight excluding hydrogens is 251 g/mol. The molecule has 1 aromatic carbocycles. The van der Waals surface area contributed by atoms with Gasteiger partial charge in [0.15, 0.2) is 0 Å². The normalized spacial score (nSPS) is 18.0. The molecule has 19 heavy (non-hydrogen) atoms. The van der Waals surface area contributed by atoms with Crippen molar-refractivity contribution in [3.63, 3.8) is 0 Å². The van der Waals surface area contributed by atoms with Crippen LogP contribution in [0.4, 0.5) is 4.39 Å². The number of carbonyl (C=O) groups is 1. The van der Waals surface area contributed by atoms with E-state index in [4.69, 9.17) is 9.84 Å². The van der Waals surface area contributed by atoms with Gasteiger partial charge in [-0.25, -0.2) is 9.18 Å². The Balaban J connectivity index is 2.00. The predicted octanol–water partition coefficient (Wildman–Crippen LogP) is 2.60. The lowest BCUT2D eigenvalue weighted by Gasteiger charge is -2.31. The minimum absolute atomic E-state index is 0.110. The smallest absolute Gasteiger partial charge is 0.338 e. The molecule has 2 rings (SSSR count). The topological polar surface area (TPSA) is 66.8 Å². The second-order valence-electron chi connectivity index (χ2n) is 5.02. The van der Waals surface area contributed by atoms with Crippen molar-refractivity contribution in [3.05, 3.63) is 29.6 Å². The summed E-state index contributed by atoms with van der Waals surface area (Å²) in [6.07, 6.45) is 4.41. The second kappa shape index (κ2) is 5.57. The van der Waals surface area contributed by atoms with E-state index in [1.165, 1.54) is 6.07 Å². The Kier molecular flexibility index (Phi) is 4.04. The molecule has 0 aliphatic heterocycles. The number of carboxylic acids is 1. The van der Waals surface area contributed by atoms with E-state index in [1.807, 2.05) is 0 Å². The summed E-state index contributed by atoms with van der Waals surface area (Å²) in [6, 6.07) is 3.60. The summed E-state index contributed by atoms with van der Waals surface area (Å²) in [5.74, 6) is -1.91. The number of aliphatic hydroxyl groups is 1. The number of hydrogen-bond acceptors (Lipinski definition) is 3. The Bertz CT molecular complexity index is 467. The van der Waals surface area contributed by atoms with E-state index in [0.29, 0.717) is 12.8 Å². The van der Waals surface area contributed by atoms with E-state index in [0.717, 1.165) is 31.4 Å². The van der Waals surface area contributed by atoms with E-state index < -0.39 is 17.4 Å². The van der Waals surface area contributed by atoms with Gasteiger partial charge in [-0.3, -0.25) is 0 Å². The Hall–Kier alpha value is -1.62. The molecule has 0 aromatic heterocycles. The van der Waals surface area contributed by atoms with Gasteiger partial charge in [-0.1, -0.05) is 19.3 Å². The molecule has 1 aliphatic rings. The van der Waals surface area contributed by atoms with Crippen molar-refractivity contribution >= 4 is 5.97 Å². The molecule has 0 atom stereocenters. The van der Waals surface area contributed by atoms with Gasteiger partial charge in [0.05, 0.1) is 11.2 Å². The summed E-state index contributed by atoms with van der Waals surface area (Å²) in [5, 5.41) is 18.9. The van der Waals surface area contributed by atoms with Gasteiger partial charge in [-0.2, -0.15) is 0 Å². The number of halogens is 1. The zero-order chi connectivity index (χ0) is 13.9.